The highest BCUT2D eigenvalue weighted by molar-refractivity contribution is 9.10. The number of benzene rings is 3. The Kier molecular flexibility index (Phi) is 7.24. The molecule has 0 bridgehead atoms. The summed E-state index contributed by atoms with van der Waals surface area (Å²) >= 11 is 3.31. The van der Waals surface area contributed by atoms with Crippen LogP contribution in [-0.2, 0) is 11.4 Å². The summed E-state index contributed by atoms with van der Waals surface area (Å²) in [6.45, 7) is 0.293. The van der Waals surface area contributed by atoms with Gasteiger partial charge in [0.05, 0.1) is 6.21 Å². The van der Waals surface area contributed by atoms with Crippen molar-refractivity contribution < 1.29 is 19.4 Å². The molecule has 29 heavy (non-hydrogen) atoms. The lowest BCUT2D eigenvalue weighted by Gasteiger charge is -2.08. The van der Waals surface area contributed by atoms with Crippen molar-refractivity contribution >= 4 is 28.1 Å². The second-order valence-electron chi connectivity index (χ2n) is 6.03. The van der Waals surface area contributed by atoms with E-state index in [1.54, 1.807) is 36.4 Å². The highest BCUT2D eigenvalue weighted by Crippen LogP contribution is 2.20. The molecule has 0 fully saturated rings. The second-order valence-corrected chi connectivity index (χ2v) is 6.95. The molecule has 0 aliphatic heterocycles. The van der Waals surface area contributed by atoms with Gasteiger partial charge in [0.25, 0.3) is 5.91 Å². The topological polar surface area (TPSA) is 80.2 Å². The summed E-state index contributed by atoms with van der Waals surface area (Å²) in [5.74, 6) is 0.905. The van der Waals surface area contributed by atoms with Crippen LogP contribution in [0.2, 0.25) is 0 Å². The molecule has 0 aromatic heterocycles. The molecule has 0 saturated carbocycles. The molecule has 1 amide bonds. The number of nitrogens with one attached hydrogen (secondary N) is 1. The van der Waals surface area contributed by atoms with Crippen LogP contribution in [0.25, 0.3) is 0 Å². The fourth-order valence-corrected chi connectivity index (χ4v) is 2.74. The Hall–Kier alpha value is -3.32. The minimum atomic E-state index is -0.417. The first-order valence-electron chi connectivity index (χ1n) is 8.80. The van der Waals surface area contributed by atoms with E-state index in [1.165, 1.54) is 12.3 Å². The van der Waals surface area contributed by atoms with E-state index in [2.05, 4.69) is 26.5 Å². The van der Waals surface area contributed by atoms with Gasteiger partial charge in [0, 0.05) is 10.0 Å². The van der Waals surface area contributed by atoms with Gasteiger partial charge < -0.3 is 14.6 Å². The number of halogens is 1. The number of hydrazone groups is 1. The van der Waals surface area contributed by atoms with Gasteiger partial charge >= 0.3 is 0 Å². The normalized spacial score (nSPS) is 10.7. The molecule has 0 saturated heterocycles. The van der Waals surface area contributed by atoms with Gasteiger partial charge in [-0.3, -0.25) is 4.79 Å². The van der Waals surface area contributed by atoms with Crippen LogP contribution in [0.4, 0.5) is 0 Å². The Balaban J connectivity index is 1.43. The number of carbonyl (C=O) groups is 1. The largest absolute Gasteiger partial charge is 0.507 e. The fourth-order valence-electron chi connectivity index (χ4n) is 2.36. The van der Waals surface area contributed by atoms with Gasteiger partial charge in [-0.2, -0.15) is 5.10 Å². The predicted molar refractivity (Wildman–Crippen MR) is 114 cm³/mol. The molecule has 148 valence electrons. The number of amides is 1. The molecular weight excluding hydrogens is 436 g/mol. The standard InChI is InChI=1S/C22H19BrN2O4/c23-18-6-11-21(26)17(12-18)13-24-25-22(27)15-29-20-9-7-19(8-10-20)28-14-16-4-2-1-3-5-16/h1-13,26H,14-15H2,(H,25,27)/b24-13+. The Bertz CT molecular complexity index is 976. The van der Waals surface area contributed by atoms with E-state index in [0.717, 1.165) is 10.0 Å². The minimum absolute atomic E-state index is 0.0667. The minimum Gasteiger partial charge on any atom is -0.507 e. The third-order valence-electron chi connectivity index (χ3n) is 3.82. The number of carbonyl (C=O) groups excluding carboxylic acids is 1. The molecule has 3 rings (SSSR count). The molecular formula is C22H19BrN2O4. The Morgan fingerprint density at radius 1 is 1.00 bits per heavy atom. The van der Waals surface area contributed by atoms with E-state index in [-0.39, 0.29) is 12.4 Å². The summed E-state index contributed by atoms with van der Waals surface area (Å²) in [6.07, 6.45) is 1.36. The number of ether oxygens (including phenoxy) is 2. The number of phenolic OH excluding ortho intramolecular Hbond substituents is 1. The molecule has 6 nitrogen and oxygen atoms in total. The van der Waals surface area contributed by atoms with E-state index < -0.39 is 5.91 Å². The third kappa shape index (κ3) is 6.65. The molecule has 7 heteroatoms. The Morgan fingerprint density at radius 2 is 1.69 bits per heavy atom. The SMILES string of the molecule is O=C(COc1ccc(OCc2ccccc2)cc1)N/N=C/c1cc(Br)ccc1O. The quantitative estimate of drug-likeness (QED) is 0.393. The molecule has 3 aromatic carbocycles. The summed E-state index contributed by atoms with van der Waals surface area (Å²) in [7, 11) is 0. The van der Waals surface area contributed by atoms with Crippen molar-refractivity contribution in [2.75, 3.05) is 6.61 Å². The number of phenols is 1. The molecule has 0 radical (unpaired) electrons. The van der Waals surface area contributed by atoms with Crippen LogP contribution in [0.3, 0.4) is 0 Å². The van der Waals surface area contributed by atoms with Crippen LogP contribution in [0, 0.1) is 0 Å². The Morgan fingerprint density at radius 3 is 2.41 bits per heavy atom. The van der Waals surface area contributed by atoms with Gasteiger partial charge in [0.2, 0.25) is 0 Å². The van der Waals surface area contributed by atoms with Crippen LogP contribution in [0.1, 0.15) is 11.1 Å². The maximum absolute atomic E-state index is 11.8. The molecule has 0 atom stereocenters. The lowest BCUT2D eigenvalue weighted by atomic mass is 10.2. The summed E-state index contributed by atoms with van der Waals surface area (Å²) in [5.41, 5.74) is 3.92. The van der Waals surface area contributed by atoms with E-state index >= 15 is 0 Å². The first-order chi connectivity index (χ1) is 14.1. The van der Waals surface area contributed by atoms with Crippen molar-refractivity contribution in [1.29, 1.82) is 0 Å². The van der Waals surface area contributed by atoms with E-state index in [1.807, 2.05) is 30.3 Å². The highest BCUT2D eigenvalue weighted by Gasteiger charge is 2.03. The average Bonchev–Trinajstić information content (AvgIpc) is 2.75. The lowest BCUT2D eigenvalue weighted by Crippen LogP contribution is -2.24. The maximum Gasteiger partial charge on any atom is 0.277 e. The number of hydrogen-bond acceptors (Lipinski definition) is 5. The smallest absolute Gasteiger partial charge is 0.277 e. The van der Waals surface area contributed by atoms with Crippen molar-refractivity contribution in [3.63, 3.8) is 0 Å². The van der Waals surface area contributed by atoms with Crippen LogP contribution in [0.5, 0.6) is 17.2 Å². The highest BCUT2D eigenvalue weighted by atomic mass is 79.9. The Labute approximate surface area is 176 Å². The monoisotopic (exact) mass is 454 g/mol. The summed E-state index contributed by atoms with van der Waals surface area (Å²) < 4.78 is 11.9. The maximum atomic E-state index is 11.8. The van der Waals surface area contributed by atoms with Crippen molar-refractivity contribution in [1.82, 2.24) is 5.43 Å². The fraction of sp³-hybridized carbons (Fsp3) is 0.0909. The van der Waals surface area contributed by atoms with Crippen molar-refractivity contribution in [2.45, 2.75) is 6.61 Å². The van der Waals surface area contributed by atoms with Gasteiger partial charge in [0.1, 0.15) is 23.9 Å². The number of nitrogens with zero attached hydrogens (tertiary/aromatic N) is 1. The number of aromatic hydroxyl groups is 1. The van der Waals surface area contributed by atoms with Gasteiger partial charge in [-0.15, -0.1) is 0 Å². The predicted octanol–water partition coefficient (Wildman–Crippen LogP) is 4.26. The van der Waals surface area contributed by atoms with Crippen molar-refractivity contribution in [3.05, 3.63) is 88.4 Å². The number of hydrogen-bond donors (Lipinski definition) is 2. The summed E-state index contributed by atoms with van der Waals surface area (Å²) in [4.78, 5) is 11.8. The van der Waals surface area contributed by atoms with E-state index in [4.69, 9.17) is 9.47 Å². The van der Waals surface area contributed by atoms with Crippen molar-refractivity contribution in [3.8, 4) is 17.2 Å². The van der Waals surface area contributed by atoms with Crippen molar-refractivity contribution in [2.24, 2.45) is 5.10 Å². The van der Waals surface area contributed by atoms with Crippen LogP contribution in [-0.4, -0.2) is 23.8 Å². The zero-order valence-electron chi connectivity index (χ0n) is 15.4. The molecule has 0 aliphatic carbocycles. The zero-order valence-corrected chi connectivity index (χ0v) is 17.0. The average molecular weight is 455 g/mol. The van der Waals surface area contributed by atoms with Crippen LogP contribution in [0.15, 0.2) is 82.4 Å². The van der Waals surface area contributed by atoms with Gasteiger partial charge in [-0.25, -0.2) is 5.43 Å². The first-order valence-corrected chi connectivity index (χ1v) is 9.59. The molecule has 0 heterocycles. The summed E-state index contributed by atoms with van der Waals surface area (Å²) in [5, 5.41) is 13.5. The third-order valence-corrected chi connectivity index (χ3v) is 4.32. The summed E-state index contributed by atoms with van der Waals surface area (Å²) in [6, 6.07) is 21.8. The molecule has 2 N–H and O–H groups in total. The van der Waals surface area contributed by atoms with Gasteiger partial charge in [-0.05, 0) is 48.0 Å². The molecule has 3 aromatic rings. The lowest BCUT2D eigenvalue weighted by molar-refractivity contribution is -0.123. The molecule has 0 unspecified atom stereocenters. The molecule has 0 aliphatic rings. The van der Waals surface area contributed by atoms with Crippen LogP contribution < -0.4 is 14.9 Å². The number of rotatable bonds is 8. The van der Waals surface area contributed by atoms with Crippen LogP contribution >= 0.6 is 15.9 Å². The van der Waals surface area contributed by atoms with Gasteiger partial charge in [-0.1, -0.05) is 46.3 Å². The zero-order chi connectivity index (χ0) is 20.5. The van der Waals surface area contributed by atoms with E-state index in [0.29, 0.717) is 23.7 Å². The molecule has 0 spiro atoms. The van der Waals surface area contributed by atoms with Gasteiger partial charge in [0.15, 0.2) is 6.61 Å². The second kappa shape index (κ2) is 10.3. The van der Waals surface area contributed by atoms with E-state index in [9.17, 15) is 9.90 Å². The first kappa shape index (κ1) is 20.4.